The van der Waals surface area contributed by atoms with Crippen molar-refractivity contribution in [3.63, 3.8) is 0 Å². The highest BCUT2D eigenvalue weighted by atomic mass is 19.1. The number of para-hydroxylation sites is 1. The average molecular weight is 287 g/mol. The highest BCUT2D eigenvalue weighted by molar-refractivity contribution is 6.06. The summed E-state index contributed by atoms with van der Waals surface area (Å²) in [5, 5.41) is 3.12. The van der Waals surface area contributed by atoms with Gasteiger partial charge in [0.25, 0.3) is 5.91 Å². The van der Waals surface area contributed by atoms with E-state index >= 15 is 0 Å². The second-order valence-electron chi connectivity index (χ2n) is 4.67. The number of amides is 1. The molecule has 0 saturated heterocycles. The molecule has 1 aromatic heterocycles. The molecule has 5 heteroatoms. The fourth-order valence-corrected chi connectivity index (χ4v) is 1.94. The quantitative estimate of drug-likeness (QED) is 0.917. The zero-order chi connectivity index (χ0) is 15.2. The Morgan fingerprint density at radius 1 is 1.33 bits per heavy atom. The Balaban J connectivity index is 2.21. The highest BCUT2D eigenvalue weighted by Gasteiger charge is 2.16. The molecule has 1 aromatic carbocycles. The molecule has 2 rings (SSSR count). The molecule has 0 atom stereocenters. The van der Waals surface area contributed by atoms with Gasteiger partial charge in [-0.1, -0.05) is 19.1 Å². The fourth-order valence-electron chi connectivity index (χ4n) is 1.94. The third-order valence-electron chi connectivity index (χ3n) is 3.08. The summed E-state index contributed by atoms with van der Waals surface area (Å²) in [5.74, 6) is -0.0570. The Kier molecular flexibility index (Phi) is 4.87. The minimum atomic E-state index is -0.424. The molecule has 0 spiro atoms. The van der Waals surface area contributed by atoms with Crippen molar-refractivity contribution in [1.82, 2.24) is 4.98 Å². The lowest BCUT2D eigenvalue weighted by molar-refractivity contribution is 0.0992. The first-order valence-corrected chi connectivity index (χ1v) is 6.86. The SMILES string of the molecule is CCCNc1cc(C(=O)N(C)c2ccccc2F)ccn1. The molecule has 0 aliphatic heterocycles. The zero-order valence-electron chi connectivity index (χ0n) is 12.1. The van der Waals surface area contributed by atoms with Gasteiger partial charge in [0, 0.05) is 25.4 Å². The summed E-state index contributed by atoms with van der Waals surface area (Å²) in [4.78, 5) is 17.9. The number of aromatic nitrogens is 1. The molecular weight excluding hydrogens is 269 g/mol. The molecule has 0 fully saturated rings. The molecule has 1 N–H and O–H groups in total. The van der Waals surface area contributed by atoms with Crippen molar-refractivity contribution in [1.29, 1.82) is 0 Å². The molecule has 1 amide bonds. The fraction of sp³-hybridized carbons (Fsp3) is 0.250. The van der Waals surface area contributed by atoms with Crippen LogP contribution in [0.25, 0.3) is 0 Å². The lowest BCUT2D eigenvalue weighted by Crippen LogP contribution is -2.27. The molecular formula is C16H18FN3O. The summed E-state index contributed by atoms with van der Waals surface area (Å²) in [6.07, 6.45) is 2.54. The molecule has 0 aliphatic carbocycles. The summed E-state index contributed by atoms with van der Waals surface area (Å²) in [6, 6.07) is 9.50. The van der Waals surface area contributed by atoms with E-state index in [9.17, 15) is 9.18 Å². The number of nitrogens with one attached hydrogen (secondary N) is 1. The lowest BCUT2D eigenvalue weighted by atomic mass is 10.2. The molecule has 2 aromatic rings. The van der Waals surface area contributed by atoms with E-state index in [2.05, 4.69) is 10.3 Å². The van der Waals surface area contributed by atoms with Gasteiger partial charge in [-0.15, -0.1) is 0 Å². The number of carbonyl (C=O) groups excluding carboxylic acids is 1. The van der Waals surface area contributed by atoms with E-state index in [0.29, 0.717) is 11.4 Å². The number of pyridine rings is 1. The molecule has 21 heavy (non-hydrogen) atoms. The van der Waals surface area contributed by atoms with E-state index in [1.165, 1.54) is 11.0 Å². The number of carbonyl (C=O) groups is 1. The van der Waals surface area contributed by atoms with Crippen LogP contribution in [0.15, 0.2) is 42.6 Å². The summed E-state index contributed by atoms with van der Waals surface area (Å²) >= 11 is 0. The third-order valence-corrected chi connectivity index (χ3v) is 3.08. The van der Waals surface area contributed by atoms with Crippen LogP contribution in [0.3, 0.4) is 0 Å². The second kappa shape index (κ2) is 6.83. The van der Waals surface area contributed by atoms with E-state index in [0.717, 1.165) is 13.0 Å². The number of hydrogen-bond acceptors (Lipinski definition) is 3. The van der Waals surface area contributed by atoms with Gasteiger partial charge in [-0.2, -0.15) is 0 Å². The smallest absolute Gasteiger partial charge is 0.258 e. The maximum atomic E-state index is 13.7. The largest absolute Gasteiger partial charge is 0.370 e. The lowest BCUT2D eigenvalue weighted by Gasteiger charge is -2.18. The van der Waals surface area contributed by atoms with Crippen LogP contribution in [-0.4, -0.2) is 24.5 Å². The van der Waals surface area contributed by atoms with Gasteiger partial charge in [0.05, 0.1) is 5.69 Å². The van der Waals surface area contributed by atoms with Crippen molar-refractivity contribution in [2.75, 3.05) is 23.8 Å². The molecule has 0 bridgehead atoms. The number of benzene rings is 1. The van der Waals surface area contributed by atoms with Gasteiger partial charge in [0.15, 0.2) is 0 Å². The van der Waals surface area contributed by atoms with E-state index < -0.39 is 5.82 Å². The van der Waals surface area contributed by atoms with Crippen LogP contribution in [-0.2, 0) is 0 Å². The van der Waals surface area contributed by atoms with Crippen LogP contribution in [0.1, 0.15) is 23.7 Å². The van der Waals surface area contributed by atoms with Crippen LogP contribution in [0.4, 0.5) is 15.9 Å². The monoisotopic (exact) mass is 287 g/mol. The van der Waals surface area contributed by atoms with E-state index in [-0.39, 0.29) is 11.6 Å². The summed E-state index contributed by atoms with van der Waals surface area (Å²) in [7, 11) is 1.56. The normalized spacial score (nSPS) is 10.2. The van der Waals surface area contributed by atoms with Gasteiger partial charge in [0.1, 0.15) is 11.6 Å². The van der Waals surface area contributed by atoms with Crippen LogP contribution < -0.4 is 10.2 Å². The van der Waals surface area contributed by atoms with Gasteiger partial charge in [-0.25, -0.2) is 9.37 Å². The second-order valence-corrected chi connectivity index (χ2v) is 4.67. The molecule has 110 valence electrons. The van der Waals surface area contributed by atoms with Crippen LogP contribution in [0.2, 0.25) is 0 Å². The first-order chi connectivity index (χ1) is 10.1. The van der Waals surface area contributed by atoms with E-state index in [4.69, 9.17) is 0 Å². The number of nitrogens with zero attached hydrogens (tertiary/aromatic N) is 2. The minimum absolute atomic E-state index is 0.252. The first-order valence-electron chi connectivity index (χ1n) is 6.86. The molecule has 1 heterocycles. The van der Waals surface area contributed by atoms with E-state index in [1.54, 1.807) is 43.6 Å². The van der Waals surface area contributed by atoms with Crippen molar-refractivity contribution in [2.24, 2.45) is 0 Å². The van der Waals surface area contributed by atoms with Gasteiger partial charge in [-0.05, 0) is 30.7 Å². The van der Waals surface area contributed by atoms with Gasteiger partial charge in [0.2, 0.25) is 0 Å². The van der Waals surface area contributed by atoms with Crippen molar-refractivity contribution in [3.8, 4) is 0 Å². The maximum absolute atomic E-state index is 13.7. The molecule has 0 saturated carbocycles. The predicted molar refractivity (Wildman–Crippen MR) is 82.2 cm³/mol. The van der Waals surface area contributed by atoms with Crippen LogP contribution in [0.5, 0.6) is 0 Å². The highest BCUT2D eigenvalue weighted by Crippen LogP contribution is 2.20. The third kappa shape index (κ3) is 3.56. The average Bonchev–Trinajstić information content (AvgIpc) is 2.52. The first kappa shape index (κ1) is 15.0. The Hall–Kier alpha value is -2.43. The van der Waals surface area contributed by atoms with Gasteiger partial charge in [-0.3, -0.25) is 4.79 Å². The number of halogens is 1. The topological polar surface area (TPSA) is 45.2 Å². The van der Waals surface area contributed by atoms with Crippen LogP contribution in [0, 0.1) is 5.82 Å². The molecule has 0 radical (unpaired) electrons. The molecule has 4 nitrogen and oxygen atoms in total. The summed E-state index contributed by atoms with van der Waals surface area (Å²) in [6.45, 7) is 2.84. The van der Waals surface area contributed by atoms with E-state index in [1.807, 2.05) is 6.92 Å². The Morgan fingerprint density at radius 3 is 2.81 bits per heavy atom. The van der Waals surface area contributed by atoms with Crippen molar-refractivity contribution in [3.05, 3.63) is 54.0 Å². The van der Waals surface area contributed by atoms with Crippen molar-refractivity contribution >= 4 is 17.4 Å². The summed E-state index contributed by atoms with van der Waals surface area (Å²) in [5.41, 5.74) is 0.719. The zero-order valence-corrected chi connectivity index (χ0v) is 12.1. The Bertz CT molecular complexity index is 630. The minimum Gasteiger partial charge on any atom is -0.370 e. The molecule has 0 aliphatic rings. The summed E-state index contributed by atoms with van der Waals surface area (Å²) < 4.78 is 13.7. The van der Waals surface area contributed by atoms with Crippen LogP contribution >= 0.6 is 0 Å². The number of anilines is 2. The van der Waals surface area contributed by atoms with Crippen molar-refractivity contribution in [2.45, 2.75) is 13.3 Å². The van der Waals surface area contributed by atoms with Gasteiger partial charge < -0.3 is 10.2 Å². The van der Waals surface area contributed by atoms with Crippen molar-refractivity contribution < 1.29 is 9.18 Å². The number of rotatable bonds is 5. The maximum Gasteiger partial charge on any atom is 0.258 e. The Morgan fingerprint density at radius 2 is 2.10 bits per heavy atom. The predicted octanol–water partition coefficient (Wildman–Crippen LogP) is 3.32. The van der Waals surface area contributed by atoms with Gasteiger partial charge >= 0.3 is 0 Å². The number of hydrogen-bond donors (Lipinski definition) is 1. The molecule has 0 unspecified atom stereocenters. The Labute approximate surface area is 123 Å². The standard InChI is InChI=1S/C16H18FN3O/c1-3-9-18-15-11-12(8-10-19-15)16(21)20(2)14-7-5-4-6-13(14)17/h4-8,10-11H,3,9H2,1-2H3,(H,18,19).